The lowest BCUT2D eigenvalue weighted by Crippen LogP contribution is -2.06. The van der Waals surface area contributed by atoms with Crippen molar-refractivity contribution in [2.45, 2.75) is 12.8 Å². The molecule has 0 aromatic heterocycles. The van der Waals surface area contributed by atoms with E-state index >= 15 is 0 Å². The summed E-state index contributed by atoms with van der Waals surface area (Å²) in [5, 5.41) is 0. The minimum absolute atomic E-state index is 0.614. The first-order valence-electron chi connectivity index (χ1n) is 6.92. The van der Waals surface area contributed by atoms with Crippen molar-refractivity contribution in [2.75, 3.05) is 36.1 Å². The zero-order valence-corrected chi connectivity index (χ0v) is 12.0. The molecule has 0 bridgehead atoms. The Bertz CT molecular complexity index is 560. The highest BCUT2D eigenvalue weighted by Gasteiger charge is 2.02. The van der Waals surface area contributed by atoms with Gasteiger partial charge in [0.15, 0.2) is 0 Å². The van der Waals surface area contributed by atoms with Crippen molar-refractivity contribution < 1.29 is 4.74 Å². The van der Waals surface area contributed by atoms with Crippen molar-refractivity contribution >= 4 is 22.7 Å². The third kappa shape index (κ3) is 4.29. The van der Waals surface area contributed by atoms with Crippen molar-refractivity contribution in [3.05, 3.63) is 47.5 Å². The van der Waals surface area contributed by atoms with Crippen LogP contribution >= 0.6 is 0 Å². The van der Waals surface area contributed by atoms with Crippen LogP contribution in [0.2, 0.25) is 0 Å². The SMILES string of the molecule is Nc1ccc(CCOCCc2ccc(N)cc2N)c(N)c1. The molecule has 21 heavy (non-hydrogen) atoms. The maximum absolute atomic E-state index is 5.90. The predicted octanol–water partition coefficient (Wildman–Crippen LogP) is 1.82. The van der Waals surface area contributed by atoms with Crippen LogP contribution in [0.1, 0.15) is 11.1 Å². The van der Waals surface area contributed by atoms with Gasteiger partial charge >= 0.3 is 0 Å². The Morgan fingerprint density at radius 1 is 0.667 bits per heavy atom. The average molecular weight is 286 g/mol. The van der Waals surface area contributed by atoms with E-state index in [1.807, 2.05) is 24.3 Å². The smallest absolute Gasteiger partial charge is 0.0507 e. The van der Waals surface area contributed by atoms with Gasteiger partial charge in [0.2, 0.25) is 0 Å². The Morgan fingerprint density at radius 3 is 1.48 bits per heavy atom. The van der Waals surface area contributed by atoms with Gasteiger partial charge in [-0.1, -0.05) is 12.1 Å². The molecule has 2 aromatic carbocycles. The van der Waals surface area contributed by atoms with Gasteiger partial charge in [0.25, 0.3) is 0 Å². The standard InChI is InChI=1S/C16H22N4O/c17-13-3-1-11(15(19)9-13)5-7-21-8-6-12-2-4-14(18)10-16(12)20/h1-4,9-10H,5-8,17-20H2. The molecule has 0 spiro atoms. The molecule has 0 unspecified atom stereocenters. The number of anilines is 4. The van der Waals surface area contributed by atoms with E-state index in [4.69, 9.17) is 27.7 Å². The summed E-state index contributed by atoms with van der Waals surface area (Å²) >= 11 is 0. The molecule has 2 rings (SSSR count). The maximum Gasteiger partial charge on any atom is 0.0507 e. The van der Waals surface area contributed by atoms with Gasteiger partial charge in [-0.15, -0.1) is 0 Å². The van der Waals surface area contributed by atoms with Gasteiger partial charge in [-0.3, -0.25) is 0 Å². The molecule has 0 fully saturated rings. The number of nitrogen functional groups attached to an aromatic ring is 4. The van der Waals surface area contributed by atoms with E-state index < -0.39 is 0 Å². The summed E-state index contributed by atoms with van der Waals surface area (Å²) in [4.78, 5) is 0. The van der Waals surface area contributed by atoms with Crippen molar-refractivity contribution in [2.24, 2.45) is 0 Å². The fraction of sp³-hybridized carbons (Fsp3) is 0.250. The van der Waals surface area contributed by atoms with Crippen LogP contribution in [0.5, 0.6) is 0 Å². The molecular formula is C16H22N4O. The fourth-order valence-corrected chi connectivity index (χ4v) is 2.15. The quantitative estimate of drug-likeness (QED) is 0.478. The highest BCUT2D eigenvalue weighted by Crippen LogP contribution is 2.17. The summed E-state index contributed by atoms with van der Waals surface area (Å²) in [5.74, 6) is 0. The third-order valence-electron chi connectivity index (χ3n) is 3.37. The van der Waals surface area contributed by atoms with E-state index in [1.165, 1.54) is 0 Å². The zero-order valence-electron chi connectivity index (χ0n) is 12.0. The number of benzene rings is 2. The molecule has 8 N–H and O–H groups in total. The summed E-state index contributed by atoms with van der Waals surface area (Å²) in [6.07, 6.45) is 1.53. The zero-order chi connectivity index (χ0) is 15.2. The first kappa shape index (κ1) is 15.0. The van der Waals surface area contributed by atoms with Crippen LogP contribution < -0.4 is 22.9 Å². The topological polar surface area (TPSA) is 113 Å². The van der Waals surface area contributed by atoms with Gasteiger partial charge < -0.3 is 27.7 Å². The molecule has 5 heteroatoms. The molecule has 0 saturated heterocycles. The Morgan fingerprint density at radius 2 is 1.10 bits per heavy atom. The lowest BCUT2D eigenvalue weighted by Gasteiger charge is -2.09. The van der Waals surface area contributed by atoms with E-state index in [9.17, 15) is 0 Å². The summed E-state index contributed by atoms with van der Waals surface area (Å²) < 4.78 is 5.64. The molecule has 0 saturated carbocycles. The molecule has 5 nitrogen and oxygen atoms in total. The summed E-state index contributed by atoms with van der Waals surface area (Å²) in [7, 11) is 0. The Balaban J connectivity index is 1.75. The molecule has 0 amide bonds. The molecule has 0 aliphatic carbocycles. The lowest BCUT2D eigenvalue weighted by atomic mass is 10.1. The Hall–Kier alpha value is -2.40. The molecule has 0 heterocycles. The number of nitrogens with two attached hydrogens (primary N) is 4. The van der Waals surface area contributed by atoms with Crippen molar-refractivity contribution in [1.82, 2.24) is 0 Å². The summed E-state index contributed by atoms with van der Waals surface area (Å²) in [5.41, 5.74) is 28.0. The number of rotatable bonds is 6. The first-order chi connectivity index (χ1) is 10.1. The largest absolute Gasteiger partial charge is 0.399 e. The summed E-state index contributed by atoms with van der Waals surface area (Å²) in [6, 6.07) is 11.1. The average Bonchev–Trinajstić information content (AvgIpc) is 2.42. The first-order valence-corrected chi connectivity index (χ1v) is 6.92. The van der Waals surface area contributed by atoms with Crippen LogP contribution in [-0.2, 0) is 17.6 Å². The van der Waals surface area contributed by atoms with Gasteiger partial charge in [0.05, 0.1) is 13.2 Å². The van der Waals surface area contributed by atoms with Crippen LogP contribution in [-0.4, -0.2) is 13.2 Å². The summed E-state index contributed by atoms with van der Waals surface area (Å²) in [6.45, 7) is 1.23. The molecule has 0 aliphatic heterocycles. The minimum atomic E-state index is 0.614. The molecule has 2 aromatic rings. The van der Waals surface area contributed by atoms with E-state index in [1.54, 1.807) is 12.1 Å². The second kappa shape index (κ2) is 6.85. The van der Waals surface area contributed by atoms with Gasteiger partial charge in [-0.25, -0.2) is 0 Å². The third-order valence-corrected chi connectivity index (χ3v) is 3.37. The predicted molar refractivity (Wildman–Crippen MR) is 88.8 cm³/mol. The number of hydrogen-bond donors (Lipinski definition) is 4. The Labute approximate surface area is 124 Å². The van der Waals surface area contributed by atoms with Crippen LogP contribution in [0.25, 0.3) is 0 Å². The van der Waals surface area contributed by atoms with E-state index in [2.05, 4.69) is 0 Å². The Kier molecular flexibility index (Phi) is 4.90. The highest BCUT2D eigenvalue weighted by molar-refractivity contribution is 5.57. The van der Waals surface area contributed by atoms with Crippen molar-refractivity contribution in [3.8, 4) is 0 Å². The molecule has 0 radical (unpaired) electrons. The van der Waals surface area contributed by atoms with Gasteiger partial charge in [0.1, 0.15) is 0 Å². The molecule has 0 aliphatic rings. The van der Waals surface area contributed by atoms with Gasteiger partial charge in [-0.05, 0) is 48.2 Å². The van der Waals surface area contributed by atoms with Crippen molar-refractivity contribution in [1.29, 1.82) is 0 Å². The fourth-order valence-electron chi connectivity index (χ4n) is 2.15. The van der Waals surface area contributed by atoms with E-state index in [0.29, 0.717) is 36.0 Å². The molecule has 112 valence electrons. The van der Waals surface area contributed by atoms with Gasteiger partial charge in [-0.2, -0.15) is 0 Å². The molecule has 0 atom stereocenters. The van der Waals surface area contributed by atoms with Crippen LogP contribution in [0.4, 0.5) is 22.7 Å². The maximum atomic E-state index is 5.90. The van der Waals surface area contributed by atoms with Crippen LogP contribution in [0.15, 0.2) is 36.4 Å². The van der Waals surface area contributed by atoms with Crippen LogP contribution in [0, 0.1) is 0 Å². The van der Waals surface area contributed by atoms with E-state index in [0.717, 1.165) is 24.0 Å². The lowest BCUT2D eigenvalue weighted by molar-refractivity contribution is 0.140. The van der Waals surface area contributed by atoms with Crippen LogP contribution in [0.3, 0.4) is 0 Å². The molecular weight excluding hydrogens is 264 g/mol. The van der Waals surface area contributed by atoms with Crippen molar-refractivity contribution in [3.63, 3.8) is 0 Å². The normalized spacial score (nSPS) is 10.7. The number of hydrogen-bond acceptors (Lipinski definition) is 5. The highest BCUT2D eigenvalue weighted by atomic mass is 16.5. The second-order valence-corrected chi connectivity index (χ2v) is 5.03. The van der Waals surface area contributed by atoms with Gasteiger partial charge in [0, 0.05) is 22.7 Å². The number of ether oxygens (including phenoxy) is 1. The monoisotopic (exact) mass is 286 g/mol. The van der Waals surface area contributed by atoms with E-state index in [-0.39, 0.29) is 0 Å². The minimum Gasteiger partial charge on any atom is -0.399 e. The second-order valence-electron chi connectivity index (χ2n) is 5.03.